The van der Waals surface area contributed by atoms with Gasteiger partial charge in [0.15, 0.2) is 17.5 Å². The molecule has 2 saturated heterocycles. The van der Waals surface area contributed by atoms with Crippen LogP contribution in [0.1, 0.15) is 58.9 Å². The highest BCUT2D eigenvalue weighted by Crippen LogP contribution is 2.36. The Kier molecular flexibility index (Phi) is 9.93. The van der Waals surface area contributed by atoms with Crippen molar-refractivity contribution in [1.29, 1.82) is 0 Å². The van der Waals surface area contributed by atoms with Crippen molar-refractivity contribution in [3.63, 3.8) is 0 Å². The first kappa shape index (κ1) is 27.3. The van der Waals surface area contributed by atoms with Crippen LogP contribution in [0.3, 0.4) is 0 Å². The van der Waals surface area contributed by atoms with Crippen LogP contribution in [-0.4, -0.2) is 61.4 Å². The molecule has 0 aromatic heterocycles. The lowest BCUT2D eigenvalue weighted by molar-refractivity contribution is 0.00544. The van der Waals surface area contributed by atoms with E-state index in [1.807, 2.05) is 50.8 Å². The van der Waals surface area contributed by atoms with E-state index in [0.29, 0.717) is 13.2 Å². The number of hydrogen-bond donors (Lipinski definition) is 2. The van der Waals surface area contributed by atoms with Crippen molar-refractivity contribution in [2.75, 3.05) is 20.8 Å². The standard InChI is InChI=1S/C24H38N4O4.HI/c1-7-31-21-12-16(8-11-20(21)30-6)15-26-22(25-5)27-17-13-18-9-10-19(14-17)28(18)23(29)32-24(2,3)4;/h8,11-12,17-19H,7,9-10,13-15H2,1-6H3,(H2,25,26,27);1H. The molecule has 0 radical (unpaired) electrons. The van der Waals surface area contributed by atoms with Crippen LogP contribution in [0.4, 0.5) is 4.79 Å². The maximum Gasteiger partial charge on any atom is 0.410 e. The van der Waals surface area contributed by atoms with Crippen molar-refractivity contribution in [2.45, 2.75) is 83.6 Å². The number of carbonyl (C=O) groups is 1. The molecule has 1 aromatic rings. The van der Waals surface area contributed by atoms with Gasteiger partial charge in [-0.3, -0.25) is 4.99 Å². The molecule has 2 aliphatic heterocycles. The van der Waals surface area contributed by atoms with E-state index in [4.69, 9.17) is 14.2 Å². The molecule has 2 atom stereocenters. The maximum absolute atomic E-state index is 12.7. The number of carbonyl (C=O) groups excluding carboxylic acids is 1. The molecule has 0 aliphatic carbocycles. The molecule has 2 heterocycles. The SMILES string of the molecule is CCOc1cc(CNC(=NC)NC2CC3CCC(C2)N3C(=O)OC(C)(C)C)ccc1OC.I. The Morgan fingerprint density at radius 3 is 2.39 bits per heavy atom. The van der Waals surface area contributed by atoms with E-state index in [-0.39, 0.29) is 48.2 Å². The number of halogens is 1. The number of benzene rings is 1. The highest BCUT2D eigenvalue weighted by molar-refractivity contribution is 14.0. The van der Waals surface area contributed by atoms with Crippen LogP contribution in [0.25, 0.3) is 0 Å². The molecule has 2 unspecified atom stereocenters. The summed E-state index contributed by atoms with van der Waals surface area (Å²) in [6.45, 7) is 8.90. The van der Waals surface area contributed by atoms with Crippen LogP contribution < -0.4 is 20.1 Å². The van der Waals surface area contributed by atoms with Gasteiger partial charge >= 0.3 is 6.09 Å². The van der Waals surface area contributed by atoms with E-state index in [1.165, 1.54) is 0 Å². The number of ether oxygens (including phenoxy) is 3. The van der Waals surface area contributed by atoms with Gasteiger partial charge in [-0.1, -0.05) is 6.07 Å². The third kappa shape index (κ3) is 7.28. The molecule has 9 heteroatoms. The van der Waals surface area contributed by atoms with Crippen LogP contribution >= 0.6 is 24.0 Å². The zero-order valence-electron chi connectivity index (χ0n) is 20.6. The topological polar surface area (TPSA) is 84.4 Å². The second-order valence-corrected chi connectivity index (χ2v) is 9.43. The molecule has 2 N–H and O–H groups in total. The number of guanidine groups is 1. The highest BCUT2D eigenvalue weighted by Gasteiger charge is 2.45. The van der Waals surface area contributed by atoms with E-state index >= 15 is 0 Å². The molecule has 186 valence electrons. The zero-order valence-corrected chi connectivity index (χ0v) is 23.0. The van der Waals surface area contributed by atoms with Crippen molar-refractivity contribution in [1.82, 2.24) is 15.5 Å². The van der Waals surface area contributed by atoms with Gasteiger partial charge in [0.05, 0.1) is 13.7 Å². The molecule has 3 rings (SSSR count). The van der Waals surface area contributed by atoms with E-state index in [2.05, 4.69) is 15.6 Å². The van der Waals surface area contributed by atoms with Crippen molar-refractivity contribution in [2.24, 2.45) is 4.99 Å². The number of hydrogen-bond acceptors (Lipinski definition) is 5. The number of amides is 1. The lowest BCUT2D eigenvalue weighted by Gasteiger charge is -2.40. The highest BCUT2D eigenvalue weighted by atomic mass is 127. The number of nitrogens with one attached hydrogen (secondary N) is 2. The summed E-state index contributed by atoms with van der Waals surface area (Å²) in [5.41, 5.74) is 0.609. The van der Waals surface area contributed by atoms with E-state index in [0.717, 1.165) is 48.7 Å². The fourth-order valence-corrected chi connectivity index (χ4v) is 4.58. The van der Waals surface area contributed by atoms with Crippen molar-refractivity contribution < 1.29 is 19.0 Å². The normalized spacial score (nSPS) is 22.3. The fourth-order valence-electron chi connectivity index (χ4n) is 4.58. The van der Waals surface area contributed by atoms with Crippen molar-refractivity contribution >= 4 is 36.0 Å². The predicted molar refractivity (Wildman–Crippen MR) is 141 cm³/mol. The lowest BCUT2D eigenvalue weighted by atomic mass is 9.98. The zero-order chi connectivity index (χ0) is 23.3. The minimum Gasteiger partial charge on any atom is -0.493 e. The Balaban J connectivity index is 0.00000385. The number of aliphatic imine (C=N–C) groups is 1. The van der Waals surface area contributed by atoms with Gasteiger partial charge in [0, 0.05) is 31.7 Å². The third-order valence-corrected chi connectivity index (χ3v) is 5.89. The first-order chi connectivity index (χ1) is 15.2. The summed E-state index contributed by atoms with van der Waals surface area (Å²) in [6.07, 6.45) is 3.66. The largest absolute Gasteiger partial charge is 0.493 e. The Morgan fingerprint density at radius 2 is 1.85 bits per heavy atom. The monoisotopic (exact) mass is 574 g/mol. The van der Waals surface area contributed by atoms with Gasteiger partial charge in [-0.25, -0.2) is 4.79 Å². The van der Waals surface area contributed by atoms with Crippen LogP contribution in [0.5, 0.6) is 11.5 Å². The van der Waals surface area contributed by atoms with Gasteiger partial charge in [-0.15, -0.1) is 24.0 Å². The average molecular weight is 575 g/mol. The van der Waals surface area contributed by atoms with Crippen LogP contribution in [-0.2, 0) is 11.3 Å². The fraction of sp³-hybridized carbons (Fsp3) is 0.667. The molecule has 1 aromatic carbocycles. The number of fused-ring (bicyclic) bond motifs is 2. The Bertz CT molecular complexity index is 813. The molecule has 1 amide bonds. The summed E-state index contributed by atoms with van der Waals surface area (Å²) < 4.78 is 16.7. The average Bonchev–Trinajstić information content (AvgIpc) is 3.01. The van der Waals surface area contributed by atoms with Crippen molar-refractivity contribution in [3.05, 3.63) is 23.8 Å². The number of methoxy groups -OCH3 is 1. The summed E-state index contributed by atoms with van der Waals surface area (Å²) >= 11 is 0. The van der Waals surface area contributed by atoms with Gasteiger partial charge in [0.25, 0.3) is 0 Å². The molecule has 2 aliphatic rings. The van der Waals surface area contributed by atoms with Gasteiger partial charge in [-0.05, 0) is 71.1 Å². The van der Waals surface area contributed by atoms with Crippen molar-refractivity contribution in [3.8, 4) is 11.5 Å². The molecule has 0 saturated carbocycles. The van der Waals surface area contributed by atoms with E-state index < -0.39 is 5.60 Å². The van der Waals surface area contributed by atoms with Gasteiger partial charge in [-0.2, -0.15) is 0 Å². The molecule has 2 bridgehead atoms. The van der Waals surface area contributed by atoms with Gasteiger partial charge < -0.3 is 29.7 Å². The summed E-state index contributed by atoms with van der Waals surface area (Å²) in [5.74, 6) is 2.22. The molecule has 2 fully saturated rings. The van der Waals surface area contributed by atoms with Gasteiger partial charge in [0.1, 0.15) is 5.60 Å². The lowest BCUT2D eigenvalue weighted by Crippen LogP contribution is -2.54. The summed E-state index contributed by atoms with van der Waals surface area (Å²) in [7, 11) is 3.42. The smallest absolute Gasteiger partial charge is 0.410 e. The minimum atomic E-state index is -0.471. The summed E-state index contributed by atoms with van der Waals surface area (Å²) in [5, 5.41) is 6.94. The van der Waals surface area contributed by atoms with Crippen LogP contribution in [0, 0.1) is 0 Å². The molecular weight excluding hydrogens is 535 g/mol. The quantitative estimate of drug-likeness (QED) is 0.300. The minimum absolute atomic E-state index is 0. The van der Waals surface area contributed by atoms with Crippen LogP contribution in [0.2, 0.25) is 0 Å². The molecule has 0 spiro atoms. The van der Waals surface area contributed by atoms with Crippen LogP contribution in [0.15, 0.2) is 23.2 Å². The first-order valence-corrected chi connectivity index (χ1v) is 11.5. The first-order valence-electron chi connectivity index (χ1n) is 11.5. The molecule has 8 nitrogen and oxygen atoms in total. The number of rotatable bonds is 6. The second kappa shape index (κ2) is 12.0. The van der Waals surface area contributed by atoms with E-state index in [9.17, 15) is 4.79 Å². The van der Waals surface area contributed by atoms with Gasteiger partial charge in [0.2, 0.25) is 0 Å². The predicted octanol–water partition coefficient (Wildman–Crippen LogP) is 4.31. The third-order valence-electron chi connectivity index (χ3n) is 5.89. The number of nitrogens with zero attached hydrogens (tertiary/aromatic N) is 2. The summed E-state index contributed by atoms with van der Waals surface area (Å²) in [6, 6.07) is 6.63. The number of piperidine rings is 1. The Hall–Kier alpha value is -1.91. The molecular formula is C24H39IN4O4. The van der Waals surface area contributed by atoms with E-state index in [1.54, 1.807) is 14.2 Å². The second-order valence-electron chi connectivity index (χ2n) is 9.43. The summed E-state index contributed by atoms with van der Waals surface area (Å²) in [4.78, 5) is 19.0. The Morgan fingerprint density at radius 1 is 1.18 bits per heavy atom. The maximum atomic E-state index is 12.7. The molecule has 33 heavy (non-hydrogen) atoms. The Labute approximate surface area is 214 Å².